The summed E-state index contributed by atoms with van der Waals surface area (Å²) in [5.74, 6) is 0. The van der Waals surface area contributed by atoms with Crippen LogP contribution in [0.5, 0.6) is 0 Å². The lowest BCUT2D eigenvalue weighted by molar-refractivity contribution is 1.16. The third-order valence-electron chi connectivity index (χ3n) is 2.51. The molecular formula is C12H9N3O. The molecule has 3 rings (SSSR count). The van der Waals surface area contributed by atoms with Crippen molar-refractivity contribution in [3.8, 4) is 11.3 Å². The number of nitrogens with zero attached hydrogens (tertiary/aromatic N) is 1. The van der Waals surface area contributed by atoms with Crippen LogP contribution >= 0.6 is 0 Å². The van der Waals surface area contributed by atoms with E-state index >= 15 is 0 Å². The van der Waals surface area contributed by atoms with Gasteiger partial charge in [-0.25, -0.2) is 4.98 Å². The lowest BCUT2D eigenvalue weighted by Crippen LogP contribution is -2.05. The van der Waals surface area contributed by atoms with E-state index in [1.54, 1.807) is 0 Å². The summed E-state index contributed by atoms with van der Waals surface area (Å²) in [6.07, 6.45) is 1.41. The van der Waals surface area contributed by atoms with Crippen LogP contribution in [0.3, 0.4) is 0 Å². The molecule has 4 nitrogen and oxygen atoms in total. The maximum absolute atomic E-state index is 11.5. The van der Waals surface area contributed by atoms with Gasteiger partial charge in [0, 0.05) is 5.69 Å². The minimum absolute atomic E-state index is 0.146. The summed E-state index contributed by atoms with van der Waals surface area (Å²) in [4.78, 5) is 21.2. The van der Waals surface area contributed by atoms with Crippen molar-refractivity contribution in [3.05, 3.63) is 53.1 Å². The standard InChI is InChI=1S/C12H9N3O/c16-12-11-10(13-7-14-12)6-9(15-11)8-4-2-1-3-5-8/h1-7,15H,(H,13,14,16). The maximum atomic E-state index is 11.5. The molecule has 16 heavy (non-hydrogen) atoms. The van der Waals surface area contributed by atoms with E-state index in [2.05, 4.69) is 15.0 Å². The average Bonchev–Trinajstić information content (AvgIpc) is 2.76. The Morgan fingerprint density at radius 2 is 1.94 bits per heavy atom. The van der Waals surface area contributed by atoms with Crippen molar-refractivity contribution >= 4 is 11.0 Å². The molecule has 78 valence electrons. The quantitative estimate of drug-likeness (QED) is 0.646. The molecule has 0 unspecified atom stereocenters. The van der Waals surface area contributed by atoms with Crippen LogP contribution in [0.25, 0.3) is 22.3 Å². The normalized spacial score (nSPS) is 10.8. The predicted octanol–water partition coefficient (Wildman–Crippen LogP) is 1.92. The van der Waals surface area contributed by atoms with Crippen molar-refractivity contribution in [2.75, 3.05) is 0 Å². The molecule has 0 radical (unpaired) electrons. The molecule has 0 bridgehead atoms. The fraction of sp³-hybridized carbons (Fsp3) is 0. The smallest absolute Gasteiger partial charge is 0.275 e. The van der Waals surface area contributed by atoms with E-state index in [1.165, 1.54) is 6.33 Å². The van der Waals surface area contributed by atoms with E-state index in [4.69, 9.17) is 0 Å². The number of hydrogen-bond donors (Lipinski definition) is 2. The molecule has 1 aromatic carbocycles. The summed E-state index contributed by atoms with van der Waals surface area (Å²) in [6.45, 7) is 0. The third-order valence-corrected chi connectivity index (χ3v) is 2.51. The zero-order chi connectivity index (χ0) is 11.0. The summed E-state index contributed by atoms with van der Waals surface area (Å²) in [6, 6.07) is 11.7. The van der Waals surface area contributed by atoms with Crippen LogP contribution in [-0.2, 0) is 0 Å². The largest absolute Gasteiger partial charge is 0.349 e. The molecule has 0 aliphatic carbocycles. The van der Waals surface area contributed by atoms with Gasteiger partial charge in [0.1, 0.15) is 5.52 Å². The summed E-state index contributed by atoms with van der Waals surface area (Å²) < 4.78 is 0. The molecular weight excluding hydrogens is 202 g/mol. The highest BCUT2D eigenvalue weighted by atomic mass is 16.1. The van der Waals surface area contributed by atoms with E-state index in [0.717, 1.165) is 11.3 Å². The summed E-state index contributed by atoms with van der Waals surface area (Å²) in [5, 5.41) is 0. The van der Waals surface area contributed by atoms with Gasteiger partial charge in [0.15, 0.2) is 0 Å². The zero-order valence-corrected chi connectivity index (χ0v) is 8.40. The Kier molecular flexibility index (Phi) is 1.86. The Morgan fingerprint density at radius 3 is 2.69 bits per heavy atom. The highest BCUT2D eigenvalue weighted by Gasteiger charge is 2.05. The second-order valence-corrected chi connectivity index (χ2v) is 3.54. The summed E-state index contributed by atoms with van der Waals surface area (Å²) in [7, 11) is 0. The minimum Gasteiger partial charge on any atom is -0.349 e. The lowest BCUT2D eigenvalue weighted by Gasteiger charge is -1.94. The van der Waals surface area contributed by atoms with Gasteiger partial charge in [-0.2, -0.15) is 0 Å². The fourth-order valence-electron chi connectivity index (χ4n) is 1.72. The van der Waals surface area contributed by atoms with E-state index in [-0.39, 0.29) is 5.56 Å². The van der Waals surface area contributed by atoms with Crippen LogP contribution in [0.1, 0.15) is 0 Å². The second kappa shape index (κ2) is 3.34. The molecule has 0 saturated heterocycles. The molecule has 0 amide bonds. The topological polar surface area (TPSA) is 61.5 Å². The van der Waals surface area contributed by atoms with Gasteiger partial charge in [-0.1, -0.05) is 30.3 Å². The average molecular weight is 211 g/mol. The molecule has 2 heterocycles. The Balaban J connectivity index is 2.28. The number of H-pyrrole nitrogens is 2. The highest BCUT2D eigenvalue weighted by molar-refractivity contribution is 5.81. The van der Waals surface area contributed by atoms with E-state index < -0.39 is 0 Å². The number of aromatic nitrogens is 3. The van der Waals surface area contributed by atoms with Crippen molar-refractivity contribution in [1.82, 2.24) is 15.0 Å². The Hall–Kier alpha value is -2.36. The second-order valence-electron chi connectivity index (χ2n) is 3.54. The first-order chi connectivity index (χ1) is 7.84. The van der Waals surface area contributed by atoms with Crippen LogP contribution in [0.4, 0.5) is 0 Å². The van der Waals surface area contributed by atoms with Gasteiger partial charge in [-0.15, -0.1) is 0 Å². The van der Waals surface area contributed by atoms with E-state index in [0.29, 0.717) is 11.0 Å². The number of benzene rings is 1. The van der Waals surface area contributed by atoms with Crippen molar-refractivity contribution in [1.29, 1.82) is 0 Å². The molecule has 0 aliphatic rings. The Morgan fingerprint density at radius 1 is 1.12 bits per heavy atom. The van der Waals surface area contributed by atoms with Gasteiger partial charge in [0.2, 0.25) is 0 Å². The van der Waals surface area contributed by atoms with E-state index in [9.17, 15) is 4.79 Å². The lowest BCUT2D eigenvalue weighted by atomic mass is 10.2. The van der Waals surface area contributed by atoms with Crippen molar-refractivity contribution in [3.63, 3.8) is 0 Å². The molecule has 4 heteroatoms. The van der Waals surface area contributed by atoms with Gasteiger partial charge < -0.3 is 9.97 Å². The van der Waals surface area contributed by atoms with Crippen LogP contribution in [0, 0.1) is 0 Å². The van der Waals surface area contributed by atoms with Crippen LogP contribution in [-0.4, -0.2) is 15.0 Å². The number of hydrogen-bond acceptors (Lipinski definition) is 2. The van der Waals surface area contributed by atoms with Crippen LogP contribution < -0.4 is 5.56 Å². The zero-order valence-electron chi connectivity index (χ0n) is 8.40. The molecule has 0 fully saturated rings. The maximum Gasteiger partial charge on any atom is 0.275 e. The number of nitrogens with one attached hydrogen (secondary N) is 2. The molecule has 0 saturated carbocycles. The Labute approximate surface area is 91.0 Å². The van der Waals surface area contributed by atoms with E-state index in [1.807, 2.05) is 36.4 Å². The molecule has 0 aliphatic heterocycles. The first-order valence-corrected chi connectivity index (χ1v) is 4.96. The van der Waals surface area contributed by atoms with Crippen LogP contribution in [0.2, 0.25) is 0 Å². The molecule has 2 N–H and O–H groups in total. The molecule has 0 spiro atoms. The van der Waals surface area contributed by atoms with Gasteiger partial charge in [0.25, 0.3) is 5.56 Å². The van der Waals surface area contributed by atoms with Crippen molar-refractivity contribution in [2.24, 2.45) is 0 Å². The minimum atomic E-state index is -0.146. The van der Waals surface area contributed by atoms with Gasteiger partial charge in [-0.05, 0) is 11.6 Å². The number of fused-ring (bicyclic) bond motifs is 1. The third kappa shape index (κ3) is 1.32. The fourth-order valence-corrected chi connectivity index (χ4v) is 1.72. The number of rotatable bonds is 1. The SMILES string of the molecule is O=c1[nH]cnc2cc(-c3ccccc3)[nH]c12. The summed E-state index contributed by atoms with van der Waals surface area (Å²) in [5.41, 5.74) is 3.00. The van der Waals surface area contributed by atoms with Crippen LogP contribution in [0.15, 0.2) is 47.5 Å². The first kappa shape index (κ1) is 8.91. The van der Waals surface area contributed by atoms with Gasteiger partial charge in [-0.3, -0.25) is 4.79 Å². The molecule has 3 aromatic rings. The predicted molar refractivity (Wildman–Crippen MR) is 62.2 cm³/mol. The molecule has 0 atom stereocenters. The summed E-state index contributed by atoms with van der Waals surface area (Å²) >= 11 is 0. The highest BCUT2D eigenvalue weighted by Crippen LogP contribution is 2.20. The van der Waals surface area contributed by atoms with Gasteiger partial charge in [0.05, 0.1) is 11.8 Å². The van der Waals surface area contributed by atoms with Gasteiger partial charge >= 0.3 is 0 Å². The molecule has 2 aromatic heterocycles. The van der Waals surface area contributed by atoms with Crippen molar-refractivity contribution in [2.45, 2.75) is 0 Å². The monoisotopic (exact) mass is 211 g/mol. The van der Waals surface area contributed by atoms with Crippen molar-refractivity contribution < 1.29 is 0 Å². The first-order valence-electron chi connectivity index (χ1n) is 4.96. The Bertz CT molecular complexity index is 682. The number of aromatic amines is 2.